The third kappa shape index (κ3) is 1.80. The van der Waals surface area contributed by atoms with E-state index >= 15 is 0 Å². The van der Waals surface area contributed by atoms with Gasteiger partial charge in [-0.05, 0) is 24.1 Å². The lowest BCUT2D eigenvalue weighted by molar-refractivity contribution is -0.119. The number of hydrogen-bond donors (Lipinski definition) is 0. The van der Waals surface area contributed by atoms with E-state index in [1.165, 1.54) is 12.2 Å². The lowest BCUT2D eigenvalue weighted by atomic mass is 10.1. The average Bonchev–Trinajstić information content (AvgIpc) is 2.61. The molecule has 2 amide bonds. The highest BCUT2D eigenvalue weighted by Gasteiger charge is 2.24. The summed E-state index contributed by atoms with van der Waals surface area (Å²) in [4.78, 5) is 23.9. The van der Waals surface area contributed by atoms with Crippen LogP contribution in [0.5, 0.6) is 0 Å². The van der Waals surface area contributed by atoms with Gasteiger partial charge in [-0.1, -0.05) is 18.2 Å². The Morgan fingerprint density at radius 2 is 1.62 bits per heavy atom. The minimum atomic E-state index is -0.290. The van der Waals surface area contributed by atoms with Gasteiger partial charge in [0.15, 0.2) is 0 Å². The first-order chi connectivity index (χ1) is 7.72. The van der Waals surface area contributed by atoms with Crippen molar-refractivity contribution in [2.24, 2.45) is 0 Å². The quantitative estimate of drug-likeness (QED) is 0.567. The second-order valence-electron chi connectivity index (χ2n) is 3.50. The molecule has 1 aromatic carbocycles. The molecule has 1 aliphatic heterocycles. The Balaban J connectivity index is 2.25. The highest BCUT2D eigenvalue weighted by molar-refractivity contribution is 6.28. The number of anilines is 1. The van der Waals surface area contributed by atoms with Gasteiger partial charge in [0, 0.05) is 12.2 Å². The molecule has 0 saturated heterocycles. The lowest BCUT2D eigenvalue weighted by Gasteiger charge is -2.13. The van der Waals surface area contributed by atoms with Gasteiger partial charge in [0.2, 0.25) is 0 Å². The first kappa shape index (κ1) is 10.4. The first-order valence-electron chi connectivity index (χ1n) is 4.98. The molecule has 0 atom stereocenters. The van der Waals surface area contributed by atoms with Crippen molar-refractivity contribution < 1.29 is 9.59 Å². The van der Waals surface area contributed by atoms with Gasteiger partial charge in [-0.25, -0.2) is 4.90 Å². The fourth-order valence-electron chi connectivity index (χ4n) is 1.60. The molecule has 2 rings (SSSR count). The molecule has 1 heterocycles. The maximum absolute atomic E-state index is 11.4. The number of rotatable bonds is 3. The standard InChI is InChI=1S/C13H11NO2/c1-2-3-10-4-6-11(7-5-10)14-12(15)8-9-13(14)16/h2,4-9H,1,3H2. The van der Waals surface area contributed by atoms with Gasteiger partial charge in [0.25, 0.3) is 11.8 Å². The number of allylic oxidation sites excluding steroid dienone is 1. The Kier molecular flexibility index (Phi) is 2.68. The number of nitrogens with zero attached hydrogens (tertiary/aromatic N) is 1. The van der Waals surface area contributed by atoms with E-state index in [-0.39, 0.29) is 11.8 Å². The van der Waals surface area contributed by atoms with E-state index in [4.69, 9.17) is 0 Å². The van der Waals surface area contributed by atoms with Crippen LogP contribution in [0.2, 0.25) is 0 Å². The normalized spacial score (nSPS) is 14.6. The summed E-state index contributed by atoms with van der Waals surface area (Å²) in [5.41, 5.74) is 1.71. The molecule has 1 aromatic rings. The van der Waals surface area contributed by atoms with Gasteiger partial charge in [0.05, 0.1) is 5.69 Å². The summed E-state index contributed by atoms with van der Waals surface area (Å²) in [6.07, 6.45) is 5.14. The topological polar surface area (TPSA) is 37.4 Å². The molecular formula is C13H11NO2. The number of benzene rings is 1. The highest BCUT2D eigenvalue weighted by Crippen LogP contribution is 2.19. The molecule has 0 radical (unpaired) electrons. The van der Waals surface area contributed by atoms with E-state index in [0.29, 0.717) is 5.69 Å². The number of imide groups is 1. The molecule has 0 saturated carbocycles. The highest BCUT2D eigenvalue weighted by atomic mass is 16.2. The SMILES string of the molecule is C=CCc1ccc(N2C(=O)C=CC2=O)cc1. The zero-order valence-corrected chi connectivity index (χ0v) is 8.72. The summed E-state index contributed by atoms with van der Waals surface area (Å²) < 4.78 is 0. The third-order valence-electron chi connectivity index (χ3n) is 2.38. The number of hydrogen-bond acceptors (Lipinski definition) is 2. The minimum Gasteiger partial charge on any atom is -0.269 e. The summed E-state index contributed by atoms with van der Waals surface area (Å²) in [7, 11) is 0. The van der Waals surface area contributed by atoms with Gasteiger partial charge in [-0.15, -0.1) is 6.58 Å². The molecule has 16 heavy (non-hydrogen) atoms. The van der Waals surface area contributed by atoms with Crippen LogP contribution in [0.1, 0.15) is 5.56 Å². The zero-order valence-electron chi connectivity index (χ0n) is 8.72. The molecule has 0 bridgehead atoms. The Hall–Kier alpha value is -2.16. The van der Waals surface area contributed by atoms with Crippen molar-refractivity contribution in [2.45, 2.75) is 6.42 Å². The van der Waals surface area contributed by atoms with Crippen LogP contribution in [0.3, 0.4) is 0 Å². The minimum absolute atomic E-state index is 0.290. The predicted octanol–water partition coefficient (Wildman–Crippen LogP) is 1.84. The van der Waals surface area contributed by atoms with Crippen LogP contribution >= 0.6 is 0 Å². The Bertz CT molecular complexity index is 453. The fraction of sp³-hybridized carbons (Fsp3) is 0.0769. The maximum Gasteiger partial charge on any atom is 0.258 e. The number of amides is 2. The summed E-state index contributed by atoms with van der Waals surface area (Å²) in [5, 5.41) is 0. The van der Waals surface area contributed by atoms with Crippen LogP contribution < -0.4 is 4.90 Å². The second kappa shape index (κ2) is 4.14. The Labute approximate surface area is 93.7 Å². The van der Waals surface area contributed by atoms with Crippen molar-refractivity contribution in [2.75, 3.05) is 4.90 Å². The van der Waals surface area contributed by atoms with Crippen LogP contribution in [0.15, 0.2) is 49.1 Å². The molecule has 0 aliphatic carbocycles. The average molecular weight is 213 g/mol. The van der Waals surface area contributed by atoms with Gasteiger partial charge in [-0.3, -0.25) is 9.59 Å². The van der Waals surface area contributed by atoms with Crippen LogP contribution in [0.25, 0.3) is 0 Å². The summed E-state index contributed by atoms with van der Waals surface area (Å²) in [6.45, 7) is 3.65. The van der Waals surface area contributed by atoms with Gasteiger partial charge >= 0.3 is 0 Å². The molecule has 0 spiro atoms. The largest absolute Gasteiger partial charge is 0.269 e. The second-order valence-corrected chi connectivity index (χ2v) is 3.50. The van der Waals surface area contributed by atoms with Crippen LogP contribution in [0.4, 0.5) is 5.69 Å². The first-order valence-corrected chi connectivity index (χ1v) is 4.98. The zero-order chi connectivity index (χ0) is 11.5. The van der Waals surface area contributed by atoms with Crippen molar-refractivity contribution in [3.8, 4) is 0 Å². The van der Waals surface area contributed by atoms with E-state index in [9.17, 15) is 9.59 Å². The maximum atomic E-state index is 11.4. The molecule has 1 aliphatic rings. The van der Waals surface area contributed by atoms with E-state index < -0.39 is 0 Å². The number of carbonyl (C=O) groups is 2. The van der Waals surface area contributed by atoms with Gasteiger partial charge < -0.3 is 0 Å². The lowest BCUT2D eigenvalue weighted by Crippen LogP contribution is -2.29. The molecule has 0 unspecified atom stereocenters. The molecule has 3 nitrogen and oxygen atoms in total. The van der Waals surface area contributed by atoms with Crippen molar-refractivity contribution in [3.63, 3.8) is 0 Å². The predicted molar refractivity (Wildman–Crippen MR) is 62.0 cm³/mol. The summed E-state index contributed by atoms with van der Waals surface area (Å²) in [6, 6.07) is 7.30. The fourth-order valence-corrected chi connectivity index (χ4v) is 1.60. The van der Waals surface area contributed by atoms with E-state index in [0.717, 1.165) is 16.9 Å². The van der Waals surface area contributed by atoms with Crippen LogP contribution in [-0.2, 0) is 16.0 Å². The molecule has 80 valence electrons. The smallest absolute Gasteiger partial charge is 0.258 e. The van der Waals surface area contributed by atoms with Crippen LogP contribution in [-0.4, -0.2) is 11.8 Å². The molecule has 0 N–H and O–H groups in total. The van der Waals surface area contributed by atoms with Crippen molar-refractivity contribution in [1.29, 1.82) is 0 Å². The molecule has 0 aromatic heterocycles. The van der Waals surface area contributed by atoms with E-state index in [2.05, 4.69) is 6.58 Å². The van der Waals surface area contributed by atoms with E-state index in [1.54, 1.807) is 12.1 Å². The van der Waals surface area contributed by atoms with Crippen LogP contribution in [0, 0.1) is 0 Å². The molecular weight excluding hydrogens is 202 g/mol. The van der Waals surface area contributed by atoms with E-state index in [1.807, 2.05) is 18.2 Å². The van der Waals surface area contributed by atoms with Crippen molar-refractivity contribution in [3.05, 3.63) is 54.6 Å². The van der Waals surface area contributed by atoms with Gasteiger partial charge in [-0.2, -0.15) is 0 Å². The van der Waals surface area contributed by atoms with Crippen molar-refractivity contribution in [1.82, 2.24) is 0 Å². The monoisotopic (exact) mass is 213 g/mol. The Morgan fingerprint density at radius 1 is 1.06 bits per heavy atom. The van der Waals surface area contributed by atoms with Crippen molar-refractivity contribution >= 4 is 17.5 Å². The summed E-state index contributed by atoms with van der Waals surface area (Å²) in [5.74, 6) is -0.581. The summed E-state index contributed by atoms with van der Waals surface area (Å²) >= 11 is 0. The number of carbonyl (C=O) groups excluding carboxylic acids is 2. The molecule has 3 heteroatoms. The third-order valence-corrected chi connectivity index (χ3v) is 2.38. The Morgan fingerprint density at radius 3 is 2.12 bits per heavy atom. The van der Waals surface area contributed by atoms with Gasteiger partial charge in [0.1, 0.15) is 0 Å². The molecule has 0 fully saturated rings.